The van der Waals surface area contributed by atoms with E-state index in [0.29, 0.717) is 24.6 Å². The van der Waals surface area contributed by atoms with E-state index in [1.54, 1.807) is 25.4 Å². The van der Waals surface area contributed by atoms with Gasteiger partial charge in [-0.05, 0) is 42.3 Å². The maximum atomic E-state index is 14.3. The van der Waals surface area contributed by atoms with Gasteiger partial charge < -0.3 is 15.5 Å². The number of hydrogen-bond acceptors (Lipinski definition) is 3. The molecule has 9 heteroatoms. The molecule has 1 aromatic heterocycles. The van der Waals surface area contributed by atoms with Gasteiger partial charge in [0.05, 0.1) is 0 Å². The van der Waals surface area contributed by atoms with E-state index in [1.807, 2.05) is 11.4 Å². The van der Waals surface area contributed by atoms with E-state index in [1.165, 1.54) is 21.9 Å². The second-order valence-electron chi connectivity index (χ2n) is 7.47. The minimum absolute atomic E-state index is 0. The number of nitrogens with zero attached hydrogens (tertiary/aromatic N) is 2. The molecule has 1 amide bonds. The number of halogens is 3. The topological polar surface area (TPSA) is 56.7 Å². The number of amides is 1. The van der Waals surface area contributed by atoms with E-state index in [9.17, 15) is 13.6 Å². The summed E-state index contributed by atoms with van der Waals surface area (Å²) in [5.41, 5.74) is 0.160. The fraction of sp³-hybridized carbons (Fsp3) is 0.429. The fourth-order valence-corrected chi connectivity index (χ4v) is 3.80. The van der Waals surface area contributed by atoms with Gasteiger partial charge in [0.25, 0.3) is 0 Å². The van der Waals surface area contributed by atoms with Gasteiger partial charge in [0.15, 0.2) is 5.96 Å². The molecule has 1 aliphatic rings. The summed E-state index contributed by atoms with van der Waals surface area (Å²) in [6.07, 6.45) is 2.49. The molecule has 2 aromatic rings. The lowest BCUT2D eigenvalue weighted by Crippen LogP contribution is -2.43. The first-order valence-corrected chi connectivity index (χ1v) is 10.5. The first kappa shape index (κ1) is 24.5. The van der Waals surface area contributed by atoms with Crippen LogP contribution in [0.1, 0.15) is 23.3 Å². The van der Waals surface area contributed by atoms with Crippen LogP contribution in [0.3, 0.4) is 0 Å². The van der Waals surface area contributed by atoms with Crippen LogP contribution in [-0.2, 0) is 16.6 Å². The number of guanidine groups is 1. The molecule has 0 unspecified atom stereocenters. The van der Waals surface area contributed by atoms with Crippen molar-refractivity contribution < 1.29 is 13.6 Å². The van der Waals surface area contributed by atoms with E-state index in [0.717, 1.165) is 25.3 Å². The fourth-order valence-electron chi connectivity index (χ4n) is 3.09. The van der Waals surface area contributed by atoms with Crippen molar-refractivity contribution in [3.8, 4) is 0 Å². The van der Waals surface area contributed by atoms with Crippen LogP contribution in [0, 0.1) is 11.6 Å². The summed E-state index contributed by atoms with van der Waals surface area (Å²) in [5.74, 6) is -0.674. The van der Waals surface area contributed by atoms with Gasteiger partial charge in [-0.15, -0.1) is 35.3 Å². The minimum atomic E-state index is -0.574. The largest absolute Gasteiger partial charge is 0.356 e. The summed E-state index contributed by atoms with van der Waals surface area (Å²) in [7, 11) is 3.37. The van der Waals surface area contributed by atoms with Crippen molar-refractivity contribution in [3.05, 3.63) is 57.8 Å². The van der Waals surface area contributed by atoms with Crippen LogP contribution in [-0.4, -0.2) is 50.5 Å². The molecule has 5 nitrogen and oxygen atoms in total. The Kier molecular flexibility index (Phi) is 9.02. The molecule has 0 atom stereocenters. The number of rotatable bonds is 8. The first-order valence-electron chi connectivity index (χ1n) is 9.60. The van der Waals surface area contributed by atoms with E-state index >= 15 is 0 Å². The zero-order chi connectivity index (χ0) is 20.9. The number of benzene rings is 1. The van der Waals surface area contributed by atoms with Gasteiger partial charge in [-0.25, -0.2) is 13.8 Å². The molecule has 2 N–H and O–H groups in total. The maximum Gasteiger partial charge on any atom is 0.243 e. The number of nitrogens with one attached hydrogen (secondary N) is 2. The average molecular weight is 548 g/mol. The summed E-state index contributed by atoms with van der Waals surface area (Å²) < 4.78 is 27.5. The molecule has 1 aliphatic carbocycles. The quantitative estimate of drug-likeness (QED) is 0.302. The standard InChI is InChI=1S/C21H26F2N4OS.HI/c1-27(2)19(28)13-25-20(24-10-7-16-4-3-11-29-16)26-14-21(8-9-21)17-6-5-15(22)12-18(17)23;/h3-6,11-12H,7-10,13-14H2,1-2H3,(H2,24,25,26);1H. The van der Waals surface area contributed by atoms with Crippen LogP contribution in [0.15, 0.2) is 40.7 Å². The molecule has 1 heterocycles. The molecule has 0 spiro atoms. The Bertz CT molecular complexity index is 870. The van der Waals surface area contributed by atoms with Crippen LogP contribution in [0.4, 0.5) is 8.78 Å². The molecule has 0 aliphatic heterocycles. The summed E-state index contributed by atoms with van der Waals surface area (Å²) in [5, 5.41) is 8.53. The van der Waals surface area contributed by atoms with Crippen LogP contribution in [0.25, 0.3) is 0 Å². The first-order chi connectivity index (χ1) is 13.9. The highest BCUT2D eigenvalue weighted by Gasteiger charge is 2.46. The highest BCUT2D eigenvalue weighted by atomic mass is 127. The van der Waals surface area contributed by atoms with Gasteiger partial charge in [-0.3, -0.25) is 4.79 Å². The number of aliphatic imine (C=N–C) groups is 1. The molecule has 1 saturated carbocycles. The molecule has 1 fully saturated rings. The third-order valence-electron chi connectivity index (χ3n) is 5.07. The summed E-state index contributed by atoms with van der Waals surface area (Å²) >= 11 is 1.69. The van der Waals surface area contributed by atoms with Gasteiger partial charge in [0.1, 0.15) is 18.2 Å². The average Bonchev–Trinajstić information content (AvgIpc) is 3.27. The second kappa shape index (κ2) is 11.0. The van der Waals surface area contributed by atoms with E-state index < -0.39 is 11.6 Å². The van der Waals surface area contributed by atoms with E-state index in [-0.39, 0.29) is 41.8 Å². The smallest absolute Gasteiger partial charge is 0.243 e. The van der Waals surface area contributed by atoms with Gasteiger partial charge in [0, 0.05) is 43.5 Å². The van der Waals surface area contributed by atoms with Gasteiger partial charge in [0.2, 0.25) is 5.91 Å². The Morgan fingerprint density at radius 2 is 2.00 bits per heavy atom. The normalized spacial score (nSPS) is 14.6. The molecule has 30 heavy (non-hydrogen) atoms. The minimum Gasteiger partial charge on any atom is -0.356 e. The summed E-state index contributed by atoms with van der Waals surface area (Å²) in [6.45, 7) is 1.16. The van der Waals surface area contributed by atoms with Gasteiger partial charge in [-0.2, -0.15) is 0 Å². The number of thiophene rings is 1. The maximum absolute atomic E-state index is 14.3. The monoisotopic (exact) mass is 548 g/mol. The van der Waals surface area contributed by atoms with Crippen molar-refractivity contribution in [2.24, 2.45) is 4.99 Å². The molecule has 3 rings (SSSR count). The number of carbonyl (C=O) groups is 1. The Balaban J connectivity index is 0.00000320. The zero-order valence-electron chi connectivity index (χ0n) is 17.1. The van der Waals surface area contributed by atoms with Gasteiger partial charge >= 0.3 is 0 Å². The third-order valence-corrected chi connectivity index (χ3v) is 6.00. The molecular weight excluding hydrogens is 521 g/mol. The van der Waals surface area contributed by atoms with Crippen LogP contribution < -0.4 is 10.6 Å². The molecule has 0 bridgehead atoms. The van der Waals surface area contributed by atoms with Crippen LogP contribution >= 0.6 is 35.3 Å². The van der Waals surface area contributed by atoms with Crippen LogP contribution in [0.5, 0.6) is 0 Å². The van der Waals surface area contributed by atoms with Crippen molar-refractivity contribution in [2.75, 3.05) is 33.7 Å². The summed E-state index contributed by atoms with van der Waals surface area (Å²) in [4.78, 5) is 19.0. The molecule has 164 valence electrons. The second-order valence-corrected chi connectivity index (χ2v) is 8.50. The van der Waals surface area contributed by atoms with Crippen molar-refractivity contribution in [2.45, 2.75) is 24.7 Å². The molecular formula is C21H27F2IN4OS. The zero-order valence-corrected chi connectivity index (χ0v) is 20.2. The predicted molar refractivity (Wildman–Crippen MR) is 128 cm³/mol. The Labute approximate surface area is 197 Å². The van der Waals surface area contributed by atoms with Crippen molar-refractivity contribution in [3.63, 3.8) is 0 Å². The number of hydrogen-bond donors (Lipinski definition) is 2. The highest BCUT2D eigenvalue weighted by Crippen LogP contribution is 2.48. The van der Waals surface area contributed by atoms with Crippen molar-refractivity contribution >= 4 is 47.2 Å². The van der Waals surface area contributed by atoms with Crippen LogP contribution in [0.2, 0.25) is 0 Å². The van der Waals surface area contributed by atoms with Crippen molar-refractivity contribution in [1.82, 2.24) is 15.5 Å². The number of likely N-dealkylation sites (N-methyl/N-ethyl adjacent to an activating group) is 1. The Hall–Kier alpha value is -1.75. The highest BCUT2D eigenvalue weighted by molar-refractivity contribution is 14.0. The Morgan fingerprint density at radius 1 is 1.23 bits per heavy atom. The summed E-state index contributed by atoms with van der Waals surface area (Å²) in [6, 6.07) is 7.83. The number of carbonyl (C=O) groups excluding carboxylic acids is 1. The Morgan fingerprint density at radius 3 is 2.60 bits per heavy atom. The predicted octanol–water partition coefficient (Wildman–Crippen LogP) is 3.54. The van der Waals surface area contributed by atoms with Gasteiger partial charge in [-0.1, -0.05) is 12.1 Å². The molecule has 1 aromatic carbocycles. The van der Waals surface area contributed by atoms with E-state index in [2.05, 4.69) is 21.7 Å². The lowest BCUT2D eigenvalue weighted by molar-refractivity contribution is -0.127. The SMILES string of the molecule is CN(C)C(=O)CN=C(NCCc1cccs1)NCC1(c2ccc(F)cc2F)CC1.I. The lowest BCUT2D eigenvalue weighted by Gasteiger charge is -2.20. The molecule has 0 radical (unpaired) electrons. The lowest BCUT2D eigenvalue weighted by atomic mass is 9.95. The van der Waals surface area contributed by atoms with Crippen molar-refractivity contribution in [1.29, 1.82) is 0 Å². The third kappa shape index (κ3) is 6.63. The molecule has 0 saturated heterocycles. The van der Waals surface area contributed by atoms with E-state index in [4.69, 9.17) is 0 Å².